The van der Waals surface area contributed by atoms with E-state index in [1.54, 1.807) is 6.07 Å². The molecule has 3 nitrogen and oxygen atoms in total. The largest absolute Gasteiger partial charge is 0.494 e. The Morgan fingerprint density at radius 2 is 2.15 bits per heavy atom. The zero-order chi connectivity index (χ0) is 14.1. The highest BCUT2D eigenvalue weighted by atomic mass is 19.1. The van der Waals surface area contributed by atoms with Gasteiger partial charge in [0.15, 0.2) is 11.6 Å². The molecule has 0 saturated heterocycles. The van der Waals surface area contributed by atoms with Gasteiger partial charge in [0.2, 0.25) is 0 Å². The summed E-state index contributed by atoms with van der Waals surface area (Å²) in [5, 5.41) is 10.5. The van der Waals surface area contributed by atoms with Gasteiger partial charge in [0.05, 0.1) is 13.7 Å². The fourth-order valence-electron chi connectivity index (χ4n) is 2.48. The molecule has 1 unspecified atom stereocenters. The molecular weight excluding hydrogens is 259 g/mol. The van der Waals surface area contributed by atoms with Crippen molar-refractivity contribution in [2.24, 2.45) is 0 Å². The topological polar surface area (TPSA) is 38.7 Å². The van der Waals surface area contributed by atoms with Crippen LogP contribution in [0, 0.1) is 5.82 Å². The third kappa shape index (κ3) is 2.12. The molecule has 1 aliphatic rings. The SMILES string of the molecule is COc1cc(C(O)c2cccc3c2OCC3)ccc1F. The first kappa shape index (κ1) is 12.9. The zero-order valence-electron chi connectivity index (χ0n) is 11.1. The summed E-state index contributed by atoms with van der Waals surface area (Å²) in [6.45, 7) is 0.631. The first-order valence-electron chi connectivity index (χ1n) is 6.47. The van der Waals surface area contributed by atoms with E-state index in [-0.39, 0.29) is 5.75 Å². The number of ether oxygens (including phenoxy) is 2. The highest BCUT2D eigenvalue weighted by Crippen LogP contribution is 2.37. The smallest absolute Gasteiger partial charge is 0.165 e. The van der Waals surface area contributed by atoms with Crippen LogP contribution < -0.4 is 9.47 Å². The molecule has 2 aromatic rings. The second-order valence-electron chi connectivity index (χ2n) is 4.73. The highest BCUT2D eigenvalue weighted by Gasteiger charge is 2.22. The predicted octanol–water partition coefficient (Wildman–Crippen LogP) is 2.85. The van der Waals surface area contributed by atoms with Crippen LogP contribution in [0.1, 0.15) is 22.8 Å². The summed E-state index contributed by atoms with van der Waals surface area (Å²) < 4.78 is 24.0. The average molecular weight is 274 g/mol. The van der Waals surface area contributed by atoms with Crippen molar-refractivity contribution >= 4 is 0 Å². The molecule has 4 heteroatoms. The molecule has 1 atom stereocenters. The second kappa shape index (κ2) is 5.13. The van der Waals surface area contributed by atoms with Gasteiger partial charge in [0.1, 0.15) is 11.9 Å². The van der Waals surface area contributed by atoms with E-state index >= 15 is 0 Å². The molecule has 3 rings (SSSR count). The lowest BCUT2D eigenvalue weighted by molar-refractivity contribution is 0.213. The third-order valence-corrected chi connectivity index (χ3v) is 3.53. The number of rotatable bonds is 3. The van der Waals surface area contributed by atoms with Crippen LogP contribution in [0.25, 0.3) is 0 Å². The Morgan fingerprint density at radius 3 is 2.95 bits per heavy atom. The van der Waals surface area contributed by atoms with E-state index in [4.69, 9.17) is 9.47 Å². The summed E-state index contributed by atoms with van der Waals surface area (Å²) in [6, 6.07) is 10.1. The van der Waals surface area contributed by atoms with Crippen LogP contribution in [0.15, 0.2) is 36.4 Å². The maximum Gasteiger partial charge on any atom is 0.165 e. The van der Waals surface area contributed by atoms with Crippen molar-refractivity contribution < 1.29 is 19.0 Å². The number of hydrogen-bond acceptors (Lipinski definition) is 3. The highest BCUT2D eigenvalue weighted by molar-refractivity contribution is 5.48. The van der Waals surface area contributed by atoms with Crippen molar-refractivity contribution in [3.63, 3.8) is 0 Å². The summed E-state index contributed by atoms with van der Waals surface area (Å²) in [4.78, 5) is 0. The van der Waals surface area contributed by atoms with Crippen LogP contribution in [0.2, 0.25) is 0 Å². The lowest BCUT2D eigenvalue weighted by Gasteiger charge is -2.16. The minimum absolute atomic E-state index is 0.120. The number of aliphatic hydroxyl groups is 1. The van der Waals surface area contributed by atoms with Gasteiger partial charge in [-0.05, 0) is 23.3 Å². The van der Waals surface area contributed by atoms with Crippen LogP contribution in [0.3, 0.4) is 0 Å². The quantitative estimate of drug-likeness (QED) is 0.935. The first-order valence-corrected chi connectivity index (χ1v) is 6.47. The van der Waals surface area contributed by atoms with Crippen LogP contribution in [0.5, 0.6) is 11.5 Å². The maximum absolute atomic E-state index is 13.4. The number of fused-ring (bicyclic) bond motifs is 1. The van der Waals surface area contributed by atoms with Gasteiger partial charge in [-0.2, -0.15) is 0 Å². The Hall–Kier alpha value is -2.07. The second-order valence-corrected chi connectivity index (χ2v) is 4.73. The Labute approximate surface area is 116 Å². The molecule has 0 fully saturated rings. The third-order valence-electron chi connectivity index (χ3n) is 3.53. The predicted molar refractivity (Wildman–Crippen MR) is 72.7 cm³/mol. The van der Waals surface area contributed by atoms with Gasteiger partial charge in [-0.1, -0.05) is 24.3 Å². The Kier molecular flexibility index (Phi) is 3.32. The van der Waals surface area contributed by atoms with Crippen molar-refractivity contribution in [2.75, 3.05) is 13.7 Å². The van der Waals surface area contributed by atoms with Crippen molar-refractivity contribution in [1.82, 2.24) is 0 Å². The summed E-state index contributed by atoms with van der Waals surface area (Å²) >= 11 is 0. The Bertz CT molecular complexity index is 640. The molecule has 0 aromatic heterocycles. The van der Waals surface area contributed by atoms with Crippen LogP contribution >= 0.6 is 0 Å². The fraction of sp³-hybridized carbons (Fsp3) is 0.250. The van der Waals surface area contributed by atoms with E-state index in [9.17, 15) is 9.50 Å². The van der Waals surface area contributed by atoms with Gasteiger partial charge >= 0.3 is 0 Å². The molecule has 1 aliphatic heterocycles. The number of para-hydroxylation sites is 1. The Balaban J connectivity index is 2.01. The number of aliphatic hydroxyl groups excluding tert-OH is 1. The molecule has 0 spiro atoms. The molecule has 104 valence electrons. The number of halogens is 1. The van der Waals surface area contributed by atoms with Gasteiger partial charge in [-0.25, -0.2) is 4.39 Å². The average Bonchev–Trinajstić information content (AvgIpc) is 2.95. The maximum atomic E-state index is 13.4. The molecule has 0 amide bonds. The van der Waals surface area contributed by atoms with Crippen LogP contribution in [-0.2, 0) is 6.42 Å². The molecule has 0 bridgehead atoms. The van der Waals surface area contributed by atoms with Crippen LogP contribution in [0.4, 0.5) is 4.39 Å². The van der Waals surface area contributed by atoms with E-state index in [1.165, 1.54) is 19.2 Å². The van der Waals surface area contributed by atoms with Crippen molar-refractivity contribution in [3.05, 3.63) is 58.9 Å². The molecule has 0 saturated carbocycles. The summed E-state index contributed by atoms with van der Waals surface area (Å²) in [5.74, 6) is 0.413. The normalized spacial score (nSPS) is 14.6. The summed E-state index contributed by atoms with van der Waals surface area (Å²) in [5.41, 5.74) is 2.37. The van der Waals surface area contributed by atoms with Gasteiger partial charge in [0.25, 0.3) is 0 Å². The fourth-order valence-corrected chi connectivity index (χ4v) is 2.48. The van der Waals surface area contributed by atoms with Gasteiger partial charge < -0.3 is 14.6 Å². The number of methoxy groups -OCH3 is 1. The van der Waals surface area contributed by atoms with E-state index in [2.05, 4.69) is 0 Å². The standard InChI is InChI=1S/C16H15FO3/c1-19-14-9-11(5-6-13(14)17)15(18)12-4-2-3-10-7-8-20-16(10)12/h2-6,9,15,18H,7-8H2,1H3. The van der Waals surface area contributed by atoms with Crippen molar-refractivity contribution in [2.45, 2.75) is 12.5 Å². The first-order chi connectivity index (χ1) is 9.70. The lowest BCUT2D eigenvalue weighted by atomic mass is 9.98. The number of benzene rings is 2. The number of hydrogen-bond donors (Lipinski definition) is 1. The lowest BCUT2D eigenvalue weighted by Crippen LogP contribution is -2.03. The molecule has 1 heterocycles. The molecule has 0 aliphatic carbocycles. The van der Waals surface area contributed by atoms with E-state index in [1.807, 2.05) is 18.2 Å². The van der Waals surface area contributed by atoms with Gasteiger partial charge in [-0.15, -0.1) is 0 Å². The van der Waals surface area contributed by atoms with Crippen molar-refractivity contribution in [3.8, 4) is 11.5 Å². The summed E-state index contributed by atoms with van der Waals surface area (Å²) in [7, 11) is 1.40. The zero-order valence-corrected chi connectivity index (χ0v) is 11.1. The van der Waals surface area contributed by atoms with Crippen molar-refractivity contribution in [1.29, 1.82) is 0 Å². The molecular formula is C16H15FO3. The minimum atomic E-state index is -0.863. The monoisotopic (exact) mass is 274 g/mol. The Morgan fingerprint density at radius 1 is 1.30 bits per heavy atom. The van der Waals surface area contributed by atoms with Gasteiger partial charge in [0, 0.05) is 12.0 Å². The molecule has 20 heavy (non-hydrogen) atoms. The van der Waals surface area contributed by atoms with Gasteiger partial charge in [-0.3, -0.25) is 0 Å². The van der Waals surface area contributed by atoms with Crippen LogP contribution in [-0.4, -0.2) is 18.8 Å². The summed E-state index contributed by atoms with van der Waals surface area (Å²) in [6.07, 6.45) is -0.0135. The minimum Gasteiger partial charge on any atom is -0.494 e. The molecule has 1 N–H and O–H groups in total. The molecule has 0 radical (unpaired) electrons. The molecule has 2 aromatic carbocycles. The van der Waals surface area contributed by atoms with E-state index in [0.29, 0.717) is 17.7 Å². The van der Waals surface area contributed by atoms with E-state index < -0.39 is 11.9 Å². The van der Waals surface area contributed by atoms with E-state index in [0.717, 1.165) is 17.7 Å².